The summed E-state index contributed by atoms with van der Waals surface area (Å²) in [4.78, 5) is 21.1. The van der Waals surface area contributed by atoms with Crippen molar-refractivity contribution in [2.45, 2.75) is 38.3 Å². The van der Waals surface area contributed by atoms with Crippen LogP contribution in [0.5, 0.6) is 0 Å². The van der Waals surface area contributed by atoms with Crippen LogP contribution >= 0.6 is 0 Å². The summed E-state index contributed by atoms with van der Waals surface area (Å²) in [6, 6.07) is 0. The van der Waals surface area contributed by atoms with Gasteiger partial charge in [0.15, 0.2) is 5.66 Å². The Labute approximate surface area is 138 Å². The van der Waals surface area contributed by atoms with Gasteiger partial charge in [0.2, 0.25) is 0 Å². The lowest BCUT2D eigenvalue weighted by atomic mass is 9.79. The standard InChI is InChI=1S/C17H29N5O/c1-17(18,22-12-7-19-13-22)16(23)21-10-5-15(6-11-21)14-3-8-20(2)9-4-14/h7,12-15H,3-6,8-11,18H2,1-2H3/t17-/m1/s1. The lowest BCUT2D eigenvalue weighted by Crippen LogP contribution is -2.56. The summed E-state index contributed by atoms with van der Waals surface area (Å²) < 4.78 is 1.69. The Bertz CT molecular complexity index is 511. The van der Waals surface area contributed by atoms with Crippen LogP contribution in [0.1, 0.15) is 32.6 Å². The second kappa shape index (κ2) is 6.61. The first-order valence-corrected chi connectivity index (χ1v) is 8.73. The maximum Gasteiger partial charge on any atom is 0.263 e. The number of nitrogens with zero attached hydrogens (tertiary/aromatic N) is 4. The summed E-state index contributed by atoms with van der Waals surface area (Å²) in [5.41, 5.74) is 5.23. The van der Waals surface area contributed by atoms with Gasteiger partial charge in [-0.15, -0.1) is 0 Å². The molecule has 2 N–H and O–H groups in total. The molecule has 0 unspecified atom stereocenters. The Balaban J connectivity index is 1.55. The largest absolute Gasteiger partial charge is 0.339 e. The van der Waals surface area contributed by atoms with E-state index in [9.17, 15) is 4.79 Å². The van der Waals surface area contributed by atoms with E-state index in [0.717, 1.165) is 37.8 Å². The van der Waals surface area contributed by atoms with E-state index < -0.39 is 5.66 Å². The van der Waals surface area contributed by atoms with Gasteiger partial charge in [-0.3, -0.25) is 4.79 Å². The van der Waals surface area contributed by atoms with Gasteiger partial charge >= 0.3 is 0 Å². The quantitative estimate of drug-likeness (QED) is 0.906. The molecule has 0 saturated carbocycles. The second-order valence-corrected chi connectivity index (χ2v) is 7.39. The first-order chi connectivity index (χ1) is 11.0. The summed E-state index contributed by atoms with van der Waals surface area (Å²) in [7, 11) is 2.20. The zero-order valence-electron chi connectivity index (χ0n) is 14.3. The smallest absolute Gasteiger partial charge is 0.263 e. The van der Waals surface area contributed by atoms with Gasteiger partial charge in [-0.25, -0.2) is 4.98 Å². The van der Waals surface area contributed by atoms with E-state index in [1.807, 2.05) is 4.90 Å². The minimum absolute atomic E-state index is 0.00247. The zero-order valence-corrected chi connectivity index (χ0v) is 14.3. The first kappa shape index (κ1) is 16.5. The maximum absolute atomic E-state index is 12.8. The van der Waals surface area contributed by atoms with Crippen molar-refractivity contribution in [1.82, 2.24) is 19.4 Å². The minimum Gasteiger partial charge on any atom is -0.339 e. The first-order valence-electron chi connectivity index (χ1n) is 8.73. The normalized spacial score (nSPS) is 24.6. The number of imidazole rings is 1. The highest BCUT2D eigenvalue weighted by Crippen LogP contribution is 2.32. The highest BCUT2D eigenvalue weighted by Gasteiger charge is 2.37. The summed E-state index contributed by atoms with van der Waals surface area (Å²) in [5, 5.41) is 0. The fourth-order valence-electron chi connectivity index (χ4n) is 4.04. The van der Waals surface area contributed by atoms with Gasteiger partial charge in [-0.05, 0) is 64.6 Å². The van der Waals surface area contributed by atoms with Crippen LogP contribution in [0.3, 0.4) is 0 Å². The number of carbonyl (C=O) groups is 1. The molecule has 6 heteroatoms. The molecule has 0 radical (unpaired) electrons. The predicted octanol–water partition coefficient (Wildman–Crippen LogP) is 1.09. The van der Waals surface area contributed by atoms with Gasteiger partial charge in [-0.1, -0.05) is 0 Å². The van der Waals surface area contributed by atoms with E-state index in [0.29, 0.717) is 0 Å². The van der Waals surface area contributed by atoms with Crippen LogP contribution in [0.25, 0.3) is 0 Å². The van der Waals surface area contributed by atoms with E-state index in [1.165, 1.54) is 25.9 Å². The van der Waals surface area contributed by atoms with Crippen LogP contribution < -0.4 is 5.73 Å². The van der Waals surface area contributed by atoms with E-state index in [-0.39, 0.29) is 5.91 Å². The molecular formula is C17H29N5O. The van der Waals surface area contributed by atoms with E-state index in [1.54, 1.807) is 30.2 Å². The van der Waals surface area contributed by atoms with Crippen molar-refractivity contribution in [2.24, 2.45) is 17.6 Å². The molecule has 1 aromatic heterocycles. The number of piperidine rings is 2. The third kappa shape index (κ3) is 3.43. The molecule has 3 heterocycles. The SMILES string of the molecule is CN1CCC(C2CCN(C(=O)[C@](C)(N)n3ccnc3)CC2)CC1. The average Bonchev–Trinajstić information content (AvgIpc) is 3.10. The number of nitrogens with two attached hydrogens (primary N) is 1. The second-order valence-electron chi connectivity index (χ2n) is 7.39. The predicted molar refractivity (Wildman–Crippen MR) is 89.6 cm³/mol. The lowest BCUT2D eigenvalue weighted by Gasteiger charge is -2.41. The van der Waals surface area contributed by atoms with Crippen LogP contribution in [0, 0.1) is 11.8 Å². The molecule has 23 heavy (non-hydrogen) atoms. The number of aromatic nitrogens is 2. The molecule has 0 aromatic carbocycles. The number of amides is 1. The molecule has 2 aliphatic heterocycles. The van der Waals surface area contributed by atoms with E-state index in [2.05, 4.69) is 16.9 Å². The fourth-order valence-corrected chi connectivity index (χ4v) is 4.04. The van der Waals surface area contributed by atoms with Crippen molar-refractivity contribution in [3.05, 3.63) is 18.7 Å². The van der Waals surface area contributed by atoms with E-state index >= 15 is 0 Å². The summed E-state index contributed by atoms with van der Waals surface area (Å²) in [6.07, 6.45) is 9.86. The third-order valence-corrected chi connectivity index (χ3v) is 5.73. The van der Waals surface area contributed by atoms with Crippen molar-refractivity contribution in [3.63, 3.8) is 0 Å². The van der Waals surface area contributed by atoms with Crippen molar-refractivity contribution < 1.29 is 4.79 Å². The average molecular weight is 319 g/mol. The summed E-state index contributed by atoms with van der Waals surface area (Å²) in [6.45, 7) is 5.85. The van der Waals surface area contributed by atoms with Crippen molar-refractivity contribution in [2.75, 3.05) is 33.2 Å². The summed E-state index contributed by atoms with van der Waals surface area (Å²) >= 11 is 0. The molecule has 2 fully saturated rings. The summed E-state index contributed by atoms with van der Waals surface area (Å²) in [5.74, 6) is 1.60. The molecule has 128 valence electrons. The van der Waals surface area contributed by atoms with Gasteiger partial charge in [0.05, 0.1) is 6.33 Å². The number of hydrogen-bond acceptors (Lipinski definition) is 4. The van der Waals surface area contributed by atoms with Crippen molar-refractivity contribution >= 4 is 5.91 Å². The third-order valence-electron chi connectivity index (χ3n) is 5.73. The maximum atomic E-state index is 12.8. The molecule has 2 saturated heterocycles. The molecule has 0 aliphatic carbocycles. The Morgan fingerprint density at radius 3 is 2.22 bits per heavy atom. The van der Waals surface area contributed by atoms with Crippen LogP contribution in [-0.2, 0) is 10.5 Å². The molecule has 1 atom stereocenters. The molecule has 3 rings (SSSR count). The number of hydrogen-bond donors (Lipinski definition) is 1. The van der Waals surface area contributed by atoms with Crippen LogP contribution in [-0.4, -0.2) is 58.5 Å². The van der Waals surface area contributed by atoms with Gasteiger partial charge in [-0.2, -0.15) is 0 Å². The Morgan fingerprint density at radius 1 is 1.13 bits per heavy atom. The van der Waals surface area contributed by atoms with Gasteiger partial charge < -0.3 is 20.1 Å². The van der Waals surface area contributed by atoms with Crippen LogP contribution in [0.2, 0.25) is 0 Å². The van der Waals surface area contributed by atoms with E-state index in [4.69, 9.17) is 5.73 Å². The van der Waals surface area contributed by atoms with Crippen LogP contribution in [0.4, 0.5) is 0 Å². The molecule has 0 bridgehead atoms. The molecule has 1 amide bonds. The van der Waals surface area contributed by atoms with Crippen LogP contribution in [0.15, 0.2) is 18.7 Å². The fraction of sp³-hybridized carbons (Fsp3) is 0.765. The Morgan fingerprint density at radius 2 is 1.70 bits per heavy atom. The zero-order chi connectivity index (χ0) is 16.4. The molecular weight excluding hydrogens is 290 g/mol. The highest BCUT2D eigenvalue weighted by atomic mass is 16.2. The molecule has 1 aromatic rings. The topological polar surface area (TPSA) is 67.4 Å². The number of carbonyl (C=O) groups excluding carboxylic acids is 1. The van der Waals surface area contributed by atoms with Crippen molar-refractivity contribution in [3.8, 4) is 0 Å². The van der Waals surface area contributed by atoms with Gasteiger partial charge in [0.1, 0.15) is 0 Å². The molecule has 6 nitrogen and oxygen atoms in total. The van der Waals surface area contributed by atoms with Crippen molar-refractivity contribution in [1.29, 1.82) is 0 Å². The monoisotopic (exact) mass is 319 g/mol. The minimum atomic E-state index is -1.04. The molecule has 0 spiro atoms. The number of rotatable bonds is 3. The van der Waals surface area contributed by atoms with Gasteiger partial charge in [0.25, 0.3) is 5.91 Å². The van der Waals surface area contributed by atoms with Gasteiger partial charge in [0, 0.05) is 25.5 Å². The number of likely N-dealkylation sites (tertiary alicyclic amines) is 2. The lowest BCUT2D eigenvalue weighted by molar-refractivity contribution is -0.141. The molecule has 2 aliphatic rings. The highest BCUT2D eigenvalue weighted by molar-refractivity contribution is 5.83. The Hall–Kier alpha value is -1.40. The Kier molecular flexibility index (Phi) is 4.73.